The molecule has 2 aromatic rings. The second-order valence-electron chi connectivity index (χ2n) is 7.61. The summed E-state index contributed by atoms with van der Waals surface area (Å²) in [6.07, 6.45) is 0. The number of rotatable bonds is 1. The van der Waals surface area contributed by atoms with Crippen LogP contribution in [0.4, 0.5) is 5.95 Å². The van der Waals surface area contributed by atoms with Gasteiger partial charge in [-0.1, -0.05) is 20.8 Å². The van der Waals surface area contributed by atoms with Crippen molar-refractivity contribution in [1.82, 2.24) is 18.7 Å². The molecule has 0 saturated carbocycles. The predicted molar refractivity (Wildman–Crippen MR) is 94.7 cm³/mol. The van der Waals surface area contributed by atoms with E-state index in [1.165, 1.54) is 11.6 Å². The van der Waals surface area contributed by atoms with E-state index in [-0.39, 0.29) is 22.7 Å². The molecule has 3 heterocycles. The smallest absolute Gasteiger partial charge is 0.297 e. The minimum absolute atomic E-state index is 0.0825. The van der Waals surface area contributed by atoms with E-state index in [4.69, 9.17) is 5.10 Å². The maximum atomic E-state index is 12.7. The molecular weight excluding hydrogens is 308 g/mol. The van der Waals surface area contributed by atoms with Gasteiger partial charge in [0.15, 0.2) is 11.2 Å². The van der Waals surface area contributed by atoms with E-state index in [2.05, 4.69) is 25.8 Å². The molecule has 3 rings (SSSR count). The van der Waals surface area contributed by atoms with E-state index < -0.39 is 0 Å². The number of aryl methyl sites for hydroxylation is 1. The average Bonchev–Trinajstić information content (AvgIpc) is 2.88. The summed E-state index contributed by atoms with van der Waals surface area (Å²) in [6, 6.07) is 0.0825. The summed E-state index contributed by atoms with van der Waals surface area (Å²) in [5, 5.41) is 6.59. The fraction of sp³-hybridized carbons (Fsp3) is 0.625. The lowest BCUT2D eigenvalue weighted by molar-refractivity contribution is 0.539. The molecule has 0 fully saturated rings. The van der Waals surface area contributed by atoms with E-state index in [1.807, 2.05) is 23.4 Å². The molecule has 0 spiro atoms. The Labute approximate surface area is 140 Å². The molecule has 0 aromatic carbocycles. The van der Waals surface area contributed by atoms with Gasteiger partial charge in [0.1, 0.15) is 0 Å². The highest BCUT2D eigenvalue weighted by atomic mass is 16.2. The maximum absolute atomic E-state index is 12.7. The van der Waals surface area contributed by atoms with Gasteiger partial charge in [-0.3, -0.25) is 18.5 Å². The van der Waals surface area contributed by atoms with Crippen molar-refractivity contribution >= 4 is 22.8 Å². The number of aromatic nitrogens is 4. The standard InChI is InChI=1S/C16H24N6O2/c1-9(2)22-14-17-12-11(13(23)20(7)15(24)19(12)6)21(14)8-10(18-22)16(3,4)5/h9H,8H2,1-7H3. The highest BCUT2D eigenvalue weighted by molar-refractivity contribution is 5.93. The zero-order chi connectivity index (χ0) is 18.0. The summed E-state index contributed by atoms with van der Waals surface area (Å²) in [7, 11) is 3.13. The number of imidazole rings is 1. The summed E-state index contributed by atoms with van der Waals surface area (Å²) in [6.45, 7) is 10.8. The zero-order valence-corrected chi connectivity index (χ0v) is 15.3. The third kappa shape index (κ3) is 2.20. The van der Waals surface area contributed by atoms with Crippen molar-refractivity contribution < 1.29 is 0 Å². The molecule has 0 aliphatic carbocycles. The maximum Gasteiger partial charge on any atom is 0.332 e. The van der Waals surface area contributed by atoms with Crippen molar-refractivity contribution in [2.45, 2.75) is 47.2 Å². The Balaban J connectivity index is 2.40. The Morgan fingerprint density at radius 3 is 2.25 bits per heavy atom. The third-order valence-corrected chi connectivity index (χ3v) is 4.42. The van der Waals surface area contributed by atoms with Crippen LogP contribution in [-0.4, -0.2) is 30.4 Å². The van der Waals surface area contributed by atoms with Crippen LogP contribution in [0, 0.1) is 5.41 Å². The summed E-state index contributed by atoms with van der Waals surface area (Å²) >= 11 is 0. The number of fused-ring (bicyclic) bond motifs is 3. The number of hydrogen-bond acceptors (Lipinski definition) is 5. The Morgan fingerprint density at radius 1 is 1.08 bits per heavy atom. The molecule has 1 aliphatic rings. The van der Waals surface area contributed by atoms with E-state index >= 15 is 0 Å². The number of hydrogen-bond donors (Lipinski definition) is 0. The lowest BCUT2D eigenvalue weighted by atomic mass is 9.89. The van der Waals surface area contributed by atoms with Gasteiger partial charge in [0, 0.05) is 19.5 Å². The van der Waals surface area contributed by atoms with Crippen molar-refractivity contribution in [3.63, 3.8) is 0 Å². The molecule has 0 radical (unpaired) electrons. The number of hydrazone groups is 1. The number of nitrogens with zero attached hydrogens (tertiary/aromatic N) is 6. The topological polar surface area (TPSA) is 77.4 Å². The van der Waals surface area contributed by atoms with Crippen LogP contribution in [0.2, 0.25) is 0 Å². The molecule has 0 N–H and O–H groups in total. The first-order valence-corrected chi connectivity index (χ1v) is 8.07. The highest BCUT2D eigenvalue weighted by Gasteiger charge is 2.32. The molecule has 130 valence electrons. The monoisotopic (exact) mass is 332 g/mol. The van der Waals surface area contributed by atoms with Crippen molar-refractivity contribution in [3.8, 4) is 0 Å². The van der Waals surface area contributed by atoms with Gasteiger partial charge in [-0.2, -0.15) is 10.1 Å². The van der Waals surface area contributed by atoms with Crippen LogP contribution in [0.25, 0.3) is 11.2 Å². The molecule has 1 aliphatic heterocycles. The van der Waals surface area contributed by atoms with Gasteiger partial charge < -0.3 is 0 Å². The Morgan fingerprint density at radius 2 is 1.71 bits per heavy atom. The van der Waals surface area contributed by atoms with Crippen molar-refractivity contribution in [2.75, 3.05) is 5.01 Å². The molecule has 0 saturated heterocycles. The molecule has 24 heavy (non-hydrogen) atoms. The SMILES string of the molecule is CC(C)N1N=C(C(C)(C)C)Cn2c1nc1c2c(=O)n(C)c(=O)n1C. The Bertz CT molecular complexity index is 968. The molecule has 0 atom stereocenters. The van der Waals surface area contributed by atoms with Crippen LogP contribution in [0.3, 0.4) is 0 Å². The molecule has 8 nitrogen and oxygen atoms in total. The van der Waals surface area contributed by atoms with Gasteiger partial charge in [-0.25, -0.2) is 9.80 Å². The first-order chi connectivity index (χ1) is 11.0. The van der Waals surface area contributed by atoms with E-state index in [9.17, 15) is 9.59 Å². The van der Waals surface area contributed by atoms with Crippen LogP contribution in [0.1, 0.15) is 34.6 Å². The second kappa shape index (κ2) is 5.06. The van der Waals surface area contributed by atoms with Gasteiger partial charge >= 0.3 is 5.69 Å². The first kappa shape index (κ1) is 16.5. The highest BCUT2D eigenvalue weighted by Crippen LogP contribution is 2.29. The fourth-order valence-electron chi connectivity index (χ4n) is 2.85. The van der Waals surface area contributed by atoms with Crippen molar-refractivity contribution in [3.05, 3.63) is 20.8 Å². The first-order valence-electron chi connectivity index (χ1n) is 8.07. The molecule has 2 aromatic heterocycles. The zero-order valence-electron chi connectivity index (χ0n) is 15.3. The molecule has 0 amide bonds. The van der Waals surface area contributed by atoms with E-state index in [1.54, 1.807) is 7.05 Å². The van der Waals surface area contributed by atoms with Crippen LogP contribution < -0.4 is 16.3 Å². The largest absolute Gasteiger partial charge is 0.332 e. The lowest BCUT2D eigenvalue weighted by Gasteiger charge is -2.33. The van der Waals surface area contributed by atoms with Crippen LogP contribution in [0.5, 0.6) is 0 Å². The second-order valence-corrected chi connectivity index (χ2v) is 7.61. The lowest BCUT2D eigenvalue weighted by Crippen LogP contribution is -2.40. The quantitative estimate of drug-likeness (QED) is 0.782. The Hall–Kier alpha value is -2.38. The van der Waals surface area contributed by atoms with Gasteiger partial charge in [-0.05, 0) is 13.8 Å². The molecule has 8 heteroatoms. The minimum atomic E-state index is -0.379. The van der Waals surface area contributed by atoms with E-state index in [0.717, 1.165) is 10.3 Å². The van der Waals surface area contributed by atoms with Crippen LogP contribution >= 0.6 is 0 Å². The van der Waals surface area contributed by atoms with Gasteiger partial charge in [0.2, 0.25) is 5.95 Å². The fourth-order valence-corrected chi connectivity index (χ4v) is 2.85. The summed E-state index contributed by atoms with van der Waals surface area (Å²) in [4.78, 5) is 29.5. The van der Waals surface area contributed by atoms with Crippen LogP contribution in [-0.2, 0) is 20.6 Å². The normalized spacial score (nSPS) is 15.2. The minimum Gasteiger partial charge on any atom is -0.297 e. The number of anilines is 1. The van der Waals surface area contributed by atoms with Crippen molar-refractivity contribution in [1.29, 1.82) is 0 Å². The molecule has 0 bridgehead atoms. The summed E-state index contributed by atoms with van der Waals surface area (Å²) < 4.78 is 4.42. The van der Waals surface area contributed by atoms with Gasteiger partial charge in [0.25, 0.3) is 5.56 Å². The molecular formula is C16H24N6O2. The molecule has 0 unspecified atom stereocenters. The van der Waals surface area contributed by atoms with Crippen LogP contribution in [0.15, 0.2) is 14.7 Å². The summed E-state index contributed by atoms with van der Waals surface area (Å²) in [5.74, 6) is 0.603. The van der Waals surface area contributed by atoms with E-state index in [0.29, 0.717) is 23.7 Å². The summed E-state index contributed by atoms with van der Waals surface area (Å²) in [5.41, 5.74) is 0.972. The van der Waals surface area contributed by atoms with Gasteiger partial charge in [-0.15, -0.1) is 0 Å². The Kier molecular flexibility index (Phi) is 3.47. The predicted octanol–water partition coefficient (Wildman–Crippen LogP) is 1.06. The van der Waals surface area contributed by atoms with Crippen molar-refractivity contribution in [2.24, 2.45) is 24.6 Å². The van der Waals surface area contributed by atoms with Gasteiger partial charge in [0.05, 0.1) is 18.3 Å². The average molecular weight is 332 g/mol. The third-order valence-electron chi connectivity index (χ3n) is 4.42.